The molecule has 9 heteroatoms. The number of rotatable bonds is 5. The fourth-order valence-electron chi connectivity index (χ4n) is 2.61. The van der Waals surface area contributed by atoms with Crippen LogP contribution in [0.15, 0.2) is 53.4 Å². The van der Waals surface area contributed by atoms with E-state index in [4.69, 9.17) is 17.3 Å². The molecule has 148 valence electrons. The molecule has 0 saturated carbocycles. The number of halogens is 1. The smallest absolute Gasteiger partial charge is 0.335 e. The van der Waals surface area contributed by atoms with Crippen LogP contribution in [0.5, 0.6) is 0 Å². The third-order valence-corrected chi connectivity index (χ3v) is 5.51. The second kappa shape index (κ2) is 8.54. The van der Waals surface area contributed by atoms with Gasteiger partial charge in [-0.3, -0.25) is 14.5 Å². The van der Waals surface area contributed by atoms with Gasteiger partial charge in [0.05, 0.1) is 10.5 Å². The van der Waals surface area contributed by atoms with Crippen molar-refractivity contribution in [3.05, 3.63) is 70.4 Å². The van der Waals surface area contributed by atoms with Crippen molar-refractivity contribution in [1.82, 2.24) is 4.90 Å². The van der Waals surface area contributed by atoms with Crippen molar-refractivity contribution in [2.24, 2.45) is 0 Å². The van der Waals surface area contributed by atoms with E-state index in [2.05, 4.69) is 5.32 Å². The molecule has 29 heavy (non-hydrogen) atoms. The molecule has 1 fully saturated rings. The molecule has 1 aliphatic heterocycles. The number of nitrogens with zero attached hydrogens (tertiary/aromatic N) is 1. The first-order valence-electron chi connectivity index (χ1n) is 8.43. The van der Waals surface area contributed by atoms with Gasteiger partial charge in [-0.1, -0.05) is 42.2 Å². The quantitative estimate of drug-likeness (QED) is 0.555. The first-order valence-corrected chi connectivity index (χ1v) is 9.66. The van der Waals surface area contributed by atoms with E-state index in [0.29, 0.717) is 5.69 Å². The minimum absolute atomic E-state index is 0.0891. The van der Waals surface area contributed by atoms with Crippen molar-refractivity contribution in [1.29, 1.82) is 0 Å². The molecule has 2 N–H and O–H groups in total. The lowest BCUT2D eigenvalue weighted by atomic mass is 10.2. The molecule has 2 aromatic rings. The fourth-order valence-corrected chi connectivity index (χ4v) is 4.02. The van der Waals surface area contributed by atoms with Gasteiger partial charge in [-0.25, -0.2) is 9.18 Å². The number of carboxylic acid groups (broad SMARTS) is 1. The van der Waals surface area contributed by atoms with Crippen molar-refractivity contribution in [3.8, 4) is 0 Å². The summed E-state index contributed by atoms with van der Waals surface area (Å²) >= 11 is 6.24. The molecule has 2 aromatic carbocycles. The number of nitrogens with one attached hydrogen (secondary N) is 1. The second-order valence-electron chi connectivity index (χ2n) is 6.12. The Hall–Kier alpha value is -3.04. The zero-order chi connectivity index (χ0) is 21.1. The van der Waals surface area contributed by atoms with Crippen LogP contribution in [0.3, 0.4) is 0 Å². The number of benzene rings is 2. The standard InChI is InChI=1S/C20H15FN2O4S2/c1-11(17(24)22-14-8-6-12(7-9-14)19(26)27)23-18(25)16(29-20(23)28)10-13-4-2-3-5-15(13)21/h2-11H,1H3,(H,22,24)(H,26,27)/b16-10-. The van der Waals surface area contributed by atoms with Crippen molar-refractivity contribution in [3.63, 3.8) is 0 Å². The van der Waals surface area contributed by atoms with Crippen LogP contribution < -0.4 is 5.32 Å². The number of thiocarbonyl (C=S) groups is 1. The number of amides is 2. The summed E-state index contributed by atoms with van der Waals surface area (Å²) in [6.45, 7) is 1.53. The van der Waals surface area contributed by atoms with E-state index < -0.39 is 29.6 Å². The van der Waals surface area contributed by atoms with E-state index in [-0.39, 0.29) is 20.4 Å². The molecule has 0 radical (unpaired) electrons. The summed E-state index contributed by atoms with van der Waals surface area (Å²) in [5.74, 6) is -2.51. The number of carboxylic acids is 1. The first kappa shape index (κ1) is 20.7. The van der Waals surface area contributed by atoms with E-state index in [1.807, 2.05) is 0 Å². The number of carbonyl (C=O) groups excluding carboxylic acids is 2. The SMILES string of the molecule is CC(C(=O)Nc1ccc(C(=O)O)cc1)N1C(=O)/C(=C/c2ccccc2F)SC1=S. The van der Waals surface area contributed by atoms with Gasteiger partial charge in [-0.2, -0.15) is 0 Å². The molecule has 0 aromatic heterocycles. The second-order valence-corrected chi connectivity index (χ2v) is 7.80. The maximum atomic E-state index is 13.9. The number of hydrogen-bond donors (Lipinski definition) is 2. The molecule has 2 amide bonds. The van der Waals surface area contributed by atoms with Crippen molar-refractivity contribution in [2.75, 3.05) is 5.32 Å². The fraction of sp³-hybridized carbons (Fsp3) is 0.100. The molecular formula is C20H15FN2O4S2. The summed E-state index contributed by atoms with van der Waals surface area (Å²) < 4.78 is 14.1. The van der Waals surface area contributed by atoms with Crippen LogP contribution in [-0.2, 0) is 9.59 Å². The van der Waals surface area contributed by atoms with Crippen molar-refractivity contribution < 1.29 is 23.9 Å². The molecule has 1 aliphatic rings. The van der Waals surface area contributed by atoms with Gasteiger partial charge in [0.1, 0.15) is 16.2 Å². The van der Waals surface area contributed by atoms with E-state index in [1.54, 1.807) is 18.2 Å². The Kier molecular flexibility index (Phi) is 6.09. The molecule has 0 aliphatic carbocycles. The van der Waals surface area contributed by atoms with E-state index in [1.165, 1.54) is 48.2 Å². The summed E-state index contributed by atoms with van der Waals surface area (Å²) in [6.07, 6.45) is 1.41. The van der Waals surface area contributed by atoms with Crippen LogP contribution >= 0.6 is 24.0 Å². The minimum Gasteiger partial charge on any atom is -0.478 e. The third kappa shape index (κ3) is 4.52. The van der Waals surface area contributed by atoms with Crippen molar-refractivity contribution >= 4 is 57.8 Å². The normalized spacial score (nSPS) is 16.2. The van der Waals surface area contributed by atoms with Crippen LogP contribution in [-0.4, -0.2) is 38.2 Å². The summed E-state index contributed by atoms with van der Waals surface area (Å²) in [5.41, 5.74) is 0.731. The van der Waals surface area contributed by atoms with E-state index in [0.717, 1.165) is 11.8 Å². The lowest BCUT2D eigenvalue weighted by molar-refractivity contribution is -0.129. The van der Waals surface area contributed by atoms with Crippen LogP contribution in [0.25, 0.3) is 6.08 Å². The maximum absolute atomic E-state index is 13.9. The summed E-state index contributed by atoms with van der Waals surface area (Å²) in [6, 6.07) is 10.8. The molecule has 6 nitrogen and oxygen atoms in total. The maximum Gasteiger partial charge on any atom is 0.335 e. The lowest BCUT2D eigenvalue weighted by Crippen LogP contribution is -2.44. The van der Waals surface area contributed by atoms with Gasteiger partial charge < -0.3 is 10.4 Å². The molecular weight excluding hydrogens is 415 g/mol. The molecule has 1 saturated heterocycles. The summed E-state index contributed by atoms with van der Waals surface area (Å²) in [4.78, 5) is 37.6. The highest BCUT2D eigenvalue weighted by atomic mass is 32.2. The monoisotopic (exact) mass is 430 g/mol. The molecule has 0 bridgehead atoms. The lowest BCUT2D eigenvalue weighted by Gasteiger charge is -2.22. The summed E-state index contributed by atoms with van der Waals surface area (Å²) in [5, 5.41) is 11.5. The average molecular weight is 430 g/mol. The Morgan fingerprint density at radius 3 is 2.48 bits per heavy atom. The van der Waals surface area contributed by atoms with Gasteiger partial charge in [0.2, 0.25) is 5.91 Å². The van der Waals surface area contributed by atoms with Crippen LogP contribution in [0.4, 0.5) is 10.1 Å². The molecule has 1 unspecified atom stereocenters. The molecule has 1 atom stereocenters. The van der Waals surface area contributed by atoms with Gasteiger partial charge in [0.15, 0.2) is 0 Å². The Morgan fingerprint density at radius 1 is 1.21 bits per heavy atom. The molecule has 3 rings (SSSR count). The number of carbonyl (C=O) groups is 3. The number of hydrogen-bond acceptors (Lipinski definition) is 5. The van der Waals surface area contributed by atoms with Crippen LogP contribution in [0, 0.1) is 5.82 Å². The number of anilines is 1. The van der Waals surface area contributed by atoms with Gasteiger partial charge in [0, 0.05) is 11.3 Å². The van der Waals surface area contributed by atoms with Gasteiger partial charge in [-0.15, -0.1) is 0 Å². The minimum atomic E-state index is -1.07. The average Bonchev–Trinajstić information content (AvgIpc) is 2.96. The Balaban J connectivity index is 1.74. The zero-order valence-corrected chi connectivity index (χ0v) is 16.7. The predicted octanol–water partition coefficient (Wildman–Crippen LogP) is 3.75. The van der Waals surface area contributed by atoms with Crippen LogP contribution in [0.2, 0.25) is 0 Å². The Morgan fingerprint density at radius 2 is 1.86 bits per heavy atom. The number of aromatic carboxylic acids is 1. The van der Waals surface area contributed by atoms with E-state index in [9.17, 15) is 18.8 Å². The summed E-state index contributed by atoms with van der Waals surface area (Å²) in [7, 11) is 0. The van der Waals surface area contributed by atoms with Crippen molar-refractivity contribution in [2.45, 2.75) is 13.0 Å². The highest BCUT2D eigenvalue weighted by Gasteiger charge is 2.38. The van der Waals surface area contributed by atoms with Gasteiger partial charge in [0.25, 0.3) is 5.91 Å². The highest BCUT2D eigenvalue weighted by Crippen LogP contribution is 2.34. The Bertz CT molecular complexity index is 1040. The predicted molar refractivity (Wildman–Crippen MR) is 113 cm³/mol. The van der Waals surface area contributed by atoms with E-state index >= 15 is 0 Å². The van der Waals surface area contributed by atoms with Crippen LogP contribution in [0.1, 0.15) is 22.8 Å². The van der Waals surface area contributed by atoms with Gasteiger partial charge in [-0.05, 0) is 43.3 Å². The number of thioether (sulfide) groups is 1. The highest BCUT2D eigenvalue weighted by molar-refractivity contribution is 8.26. The topological polar surface area (TPSA) is 86.7 Å². The molecule has 1 heterocycles. The largest absolute Gasteiger partial charge is 0.478 e. The zero-order valence-electron chi connectivity index (χ0n) is 15.1. The third-order valence-electron chi connectivity index (χ3n) is 4.18. The van der Waals surface area contributed by atoms with Gasteiger partial charge >= 0.3 is 5.97 Å². The molecule has 0 spiro atoms. The first-order chi connectivity index (χ1) is 13.8. The Labute approximate surface area is 175 Å².